The molecule has 0 radical (unpaired) electrons. The average molecular weight is 333 g/mol. The molecule has 0 unspecified atom stereocenters. The first kappa shape index (κ1) is 15.8. The largest absolute Gasteiger partial charge is 0.469 e. The zero-order valence-electron chi connectivity index (χ0n) is 13.6. The van der Waals surface area contributed by atoms with E-state index in [0.29, 0.717) is 17.6 Å². The second kappa shape index (κ2) is 6.57. The summed E-state index contributed by atoms with van der Waals surface area (Å²) >= 11 is 1.52. The molecule has 0 amide bonds. The number of aromatic nitrogens is 5. The minimum atomic E-state index is 0.507. The molecular weight excluding hydrogens is 314 g/mol. The first-order chi connectivity index (χ1) is 11.0. The molecule has 3 heterocycles. The third kappa shape index (κ3) is 3.47. The van der Waals surface area contributed by atoms with Crippen LogP contribution in [-0.4, -0.2) is 24.9 Å². The van der Waals surface area contributed by atoms with Crippen LogP contribution in [0.1, 0.15) is 31.3 Å². The summed E-state index contributed by atoms with van der Waals surface area (Å²) in [5, 5.41) is 13.3. The lowest BCUT2D eigenvalue weighted by molar-refractivity contribution is 0.382. The van der Waals surface area contributed by atoms with Crippen molar-refractivity contribution in [3.63, 3.8) is 0 Å². The van der Waals surface area contributed by atoms with E-state index >= 15 is 0 Å². The first-order valence-corrected chi connectivity index (χ1v) is 8.41. The molecule has 0 bridgehead atoms. The van der Waals surface area contributed by atoms with Crippen LogP contribution >= 0.6 is 11.8 Å². The van der Waals surface area contributed by atoms with E-state index < -0.39 is 0 Å². The third-order valence-electron chi connectivity index (χ3n) is 3.36. The molecule has 0 aliphatic carbocycles. The van der Waals surface area contributed by atoms with Gasteiger partial charge < -0.3 is 13.5 Å². The van der Waals surface area contributed by atoms with Gasteiger partial charge in [-0.1, -0.05) is 30.8 Å². The van der Waals surface area contributed by atoms with Crippen molar-refractivity contribution in [2.24, 2.45) is 13.0 Å². The number of hydrogen-bond donors (Lipinski definition) is 0. The topological polar surface area (TPSA) is 82.8 Å². The van der Waals surface area contributed by atoms with Gasteiger partial charge in [0, 0.05) is 13.5 Å². The zero-order valence-corrected chi connectivity index (χ0v) is 14.4. The maximum atomic E-state index is 5.33. The lowest BCUT2D eigenvalue weighted by Gasteiger charge is -2.01. The van der Waals surface area contributed by atoms with Crippen LogP contribution in [0.25, 0.3) is 11.4 Å². The van der Waals surface area contributed by atoms with Gasteiger partial charge in [-0.15, -0.1) is 10.2 Å². The standard InChI is InChI=1S/C15H19N5O2S/c1-9(2)7-12-16-13(22-19-12)8-23-15-18-17-14(20(15)4)11-5-6-21-10(11)3/h5-6,9H,7-8H2,1-4H3. The summed E-state index contributed by atoms with van der Waals surface area (Å²) in [6.07, 6.45) is 2.48. The van der Waals surface area contributed by atoms with Crippen LogP contribution in [0.2, 0.25) is 0 Å². The van der Waals surface area contributed by atoms with Crippen molar-refractivity contribution in [2.75, 3.05) is 0 Å². The Labute approximate surface area is 138 Å². The molecule has 0 saturated heterocycles. The fourth-order valence-electron chi connectivity index (χ4n) is 2.22. The summed E-state index contributed by atoms with van der Waals surface area (Å²) in [7, 11) is 1.93. The maximum Gasteiger partial charge on any atom is 0.237 e. The molecular formula is C15H19N5O2S. The van der Waals surface area contributed by atoms with Crippen molar-refractivity contribution < 1.29 is 8.94 Å². The highest BCUT2D eigenvalue weighted by molar-refractivity contribution is 7.98. The molecule has 122 valence electrons. The highest BCUT2D eigenvalue weighted by Crippen LogP contribution is 2.27. The van der Waals surface area contributed by atoms with Crippen LogP contribution in [0.15, 0.2) is 26.4 Å². The molecule has 0 aliphatic rings. The van der Waals surface area contributed by atoms with E-state index in [9.17, 15) is 0 Å². The lowest BCUT2D eigenvalue weighted by Crippen LogP contribution is -1.97. The van der Waals surface area contributed by atoms with Crippen molar-refractivity contribution in [2.45, 2.75) is 38.1 Å². The summed E-state index contributed by atoms with van der Waals surface area (Å²) in [5.74, 6) is 4.05. The second-order valence-electron chi connectivity index (χ2n) is 5.75. The Bertz CT molecular complexity index is 789. The molecule has 23 heavy (non-hydrogen) atoms. The summed E-state index contributed by atoms with van der Waals surface area (Å²) in [6.45, 7) is 6.17. The van der Waals surface area contributed by atoms with Gasteiger partial charge in [-0.3, -0.25) is 0 Å². The van der Waals surface area contributed by atoms with Crippen LogP contribution in [0.4, 0.5) is 0 Å². The van der Waals surface area contributed by atoms with Crippen LogP contribution in [-0.2, 0) is 19.2 Å². The van der Waals surface area contributed by atoms with Gasteiger partial charge in [-0.25, -0.2) is 0 Å². The number of hydrogen-bond acceptors (Lipinski definition) is 7. The van der Waals surface area contributed by atoms with Gasteiger partial charge in [0.15, 0.2) is 16.8 Å². The molecule has 0 fully saturated rings. The van der Waals surface area contributed by atoms with Crippen molar-refractivity contribution in [3.8, 4) is 11.4 Å². The Hall–Kier alpha value is -2.09. The Kier molecular flexibility index (Phi) is 4.51. The normalized spacial score (nSPS) is 11.5. The van der Waals surface area contributed by atoms with Gasteiger partial charge in [0.05, 0.1) is 17.6 Å². The van der Waals surface area contributed by atoms with Crippen LogP contribution < -0.4 is 0 Å². The van der Waals surface area contributed by atoms with Gasteiger partial charge in [-0.05, 0) is 18.9 Å². The maximum absolute atomic E-state index is 5.33. The predicted molar refractivity (Wildman–Crippen MR) is 85.8 cm³/mol. The number of rotatable bonds is 6. The number of furan rings is 1. The van der Waals surface area contributed by atoms with E-state index in [4.69, 9.17) is 8.94 Å². The minimum absolute atomic E-state index is 0.507. The SMILES string of the molecule is Cc1occc1-c1nnc(SCc2nc(CC(C)C)no2)n1C. The van der Waals surface area contributed by atoms with E-state index in [0.717, 1.165) is 34.5 Å². The Morgan fingerprint density at radius 2 is 2.13 bits per heavy atom. The lowest BCUT2D eigenvalue weighted by atomic mass is 10.1. The van der Waals surface area contributed by atoms with Crippen molar-refractivity contribution >= 4 is 11.8 Å². The summed E-state index contributed by atoms with van der Waals surface area (Å²) in [5.41, 5.74) is 0.948. The molecule has 8 heteroatoms. The van der Waals surface area contributed by atoms with E-state index in [-0.39, 0.29) is 0 Å². The van der Waals surface area contributed by atoms with E-state index in [2.05, 4.69) is 34.2 Å². The third-order valence-corrected chi connectivity index (χ3v) is 4.37. The van der Waals surface area contributed by atoms with Crippen molar-refractivity contribution in [1.82, 2.24) is 24.9 Å². The highest BCUT2D eigenvalue weighted by atomic mass is 32.2. The minimum Gasteiger partial charge on any atom is -0.469 e. The predicted octanol–water partition coefficient (Wildman–Crippen LogP) is 3.26. The monoisotopic (exact) mass is 333 g/mol. The fourth-order valence-corrected chi connectivity index (χ4v) is 2.96. The molecule has 0 N–H and O–H groups in total. The smallest absolute Gasteiger partial charge is 0.237 e. The molecule has 3 aromatic rings. The second-order valence-corrected chi connectivity index (χ2v) is 6.69. The van der Waals surface area contributed by atoms with E-state index in [1.165, 1.54) is 11.8 Å². The average Bonchev–Trinajstić information content (AvgIpc) is 3.18. The Balaban J connectivity index is 1.68. The number of aryl methyl sites for hydroxylation is 1. The number of thioether (sulfide) groups is 1. The molecule has 0 spiro atoms. The van der Waals surface area contributed by atoms with Crippen LogP contribution in [0.3, 0.4) is 0 Å². The van der Waals surface area contributed by atoms with Gasteiger partial charge >= 0.3 is 0 Å². The molecule has 0 aromatic carbocycles. The van der Waals surface area contributed by atoms with Gasteiger partial charge in [0.1, 0.15) is 5.76 Å². The highest BCUT2D eigenvalue weighted by Gasteiger charge is 2.16. The summed E-state index contributed by atoms with van der Waals surface area (Å²) in [6, 6.07) is 1.89. The summed E-state index contributed by atoms with van der Waals surface area (Å²) < 4.78 is 12.5. The van der Waals surface area contributed by atoms with E-state index in [1.54, 1.807) is 6.26 Å². The number of nitrogens with zero attached hydrogens (tertiary/aromatic N) is 5. The molecule has 3 aromatic heterocycles. The molecule has 7 nitrogen and oxygen atoms in total. The van der Waals surface area contributed by atoms with Gasteiger partial charge in [-0.2, -0.15) is 4.98 Å². The van der Waals surface area contributed by atoms with Crippen LogP contribution in [0, 0.1) is 12.8 Å². The molecule has 0 atom stereocenters. The van der Waals surface area contributed by atoms with Crippen LogP contribution in [0.5, 0.6) is 0 Å². The van der Waals surface area contributed by atoms with Crippen molar-refractivity contribution in [3.05, 3.63) is 29.8 Å². The van der Waals surface area contributed by atoms with Crippen molar-refractivity contribution in [1.29, 1.82) is 0 Å². The fraction of sp³-hybridized carbons (Fsp3) is 0.467. The Morgan fingerprint density at radius 3 is 2.83 bits per heavy atom. The van der Waals surface area contributed by atoms with E-state index in [1.807, 2.05) is 24.6 Å². The van der Waals surface area contributed by atoms with Gasteiger partial charge in [0.2, 0.25) is 5.89 Å². The molecule has 0 aliphatic heterocycles. The Morgan fingerprint density at radius 1 is 1.30 bits per heavy atom. The molecule has 3 rings (SSSR count). The quantitative estimate of drug-likeness (QED) is 0.640. The molecule has 0 saturated carbocycles. The zero-order chi connectivity index (χ0) is 16.4. The summed E-state index contributed by atoms with van der Waals surface area (Å²) in [4.78, 5) is 4.39. The first-order valence-electron chi connectivity index (χ1n) is 7.42. The van der Waals surface area contributed by atoms with Gasteiger partial charge in [0.25, 0.3) is 0 Å².